The van der Waals surface area contributed by atoms with Crippen LogP contribution < -0.4 is 16.0 Å². The number of aliphatic imine (C=N–C) groups is 1. The Morgan fingerprint density at radius 1 is 0.909 bits per heavy atom. The molecule has 2 fully saturated rings. The molecule has 0 bridgehead atoms. The lowest BCUT2D eigenvalue weighted by Gasteiger charge is -2.27. The highest BCUT2D eigenvalue weighted by atomic mass is 15.2. The van der Waals surface area contributed by atoms with Crippen molar-refractivity contribution in [3.63, 3.8) is 0 Å². The summed E-state index contributed by atoms with van der Waals surface area (Å²) in [6.07, 6.45) is 14.6. The maximum absolute atomic E-state index is 5.02. The first-order valence-corrected chi connectivity index (χ1v) is 9.67. The van der Waals surface area contributed by atoms with Crippen LogP contribution in [0.3, 0.4) is 0 Å². The van der Waals surface area contributed by atoms with Crippen LogP contribution in [0.1, 0.15) is 77.6 Å². The van der Waals surface area contributed by atoms with E-state index in [4.69, 9.17) is 4.99 Å². The quantitative estimate of drug-likeness (QED) is 0.384. The van der Waals surface area contributed by atoms with Gasteiger partial charge in [0.2, 0.25) is 0 Å². The summed E-state index contributed by atoms with van der Waals surface area (Å²) in [5.41, 5.74) is 0. The van der Waals surface area contributed by atoms with Crippen molar-refractivity contribution in [1.29, 1.82) is 0 Å². The Morgan fingerprint density at radius 2 is 1.59 bits per heavy atom. The Balaban J connectivity index is 1.80. The molecule has 4 nitrogen and oxygen atoms in total. The highest BCUT2D eigenvalue weighted by Crippen LogP contribution is 2.21. The molecule has 2 saturated carbocycles. The summed E-state index contributed by atoms with van der Waals surface area (Å²) < 4.78 is 0. The van der Waals surface area contributed by atoms with E-state index in [1.165, 1.54) is 64.2 Å². The SMILES string of the molecule is CCNCCCN/C(=N\C1CCCCC1)NC1CCCCC1. The summed E-state index contributed by atoms with van der Waals surface area (Å²) in [7, 11) is 0. The van der Waals surface area contributed by atoms with Gasteiger partial charge in [0.1, 0.15) is 0 Å². The Bertz CT molecular complexity index is 304. The molecule has 2 aliphatic carbocycles. The summed E-state index contributed by atoms with van der Waals surface area (Å²) in [5.74, 6) is 1.08. The molecule has 2 rings (SSSR count). The summed E-state index contributed by atoms with van der Waals surface area (Å²) in [6.45, 7) is 5.32. The molecule has 22 heavy (non-hydrogen) atoms. The summed E-state index contributed by atoms with van der Waals surface area (Å²) >= 11 is 0. The molecule has 0 aromatic heterocycles. The molecule has 0 aromatic carbocycles. The number of rotatable bonds is 7. The van der Waals surface area contributed by atoms with Crippen LogP contribution in [0.4, 0.5) is 0 Å². The first-order chi connectivity index (χ1) is 10.9. The van der Waals surface area contributed by atoms with Crippen LogP contribution in [0, 0.1) is 0 Å². The molecule has 0 saturated heterocycles. The Morgan fingerprint density at radius 3 is 2.27 bits per heavy atom. The highest BCUT2D eigenvalue weighted by molar-refractivity contribution is 5.80. The van der Waals surface area contributed by atoms with Crippen LogP contribution >= 0.6 is 0 Å². The molecular weight excluding hydrogens is 272 g/mol. The molecule has 0 aliphatic heterocycles. The van der Waals surface area contributed by atoms with Gasteiger partial charge in [0.05, 0.1) is 6.04 Å². The monoisotopic (exact) mass is 308 g/mol. The molecule has 0 amide bonds. The van der Waals surface area contributed by atoms with Gasteiger partial charge in [-0.15, -0.1) is 0 Å². The van der Waals surface area contributed by atoms with Crippen molar-refractivity contribution in [3.05, 3.63) is 0 Å². The maximum Gasteiger partial charge on any atom is 0.191 e. The van der Waals surface area contributed by atoms with E-state index in [1.807, 2.05) is 0 Å². The van der Waals surface area contributed by atoms with Crippen molar-refractivity contribution in [2.75, 3.05) is 19.6 Å². The summed E-state index contributed by atoms with van der Waals surface area (Å²) in [5, 5.41) is 10.7. The molecule has 2 aliphatic rings. The zero-order valence-electron chi connectivity index (χ0n) is 14.5. The first kappa shape index (κ1) is 17.6. The Kier molecular flexibility index (Phi) is 8.69. The number of guanidine groups is 1. The molecule has 0 atom stereocenters. The van der Waals surface area contributed by atoms with Gasteiger partial charge in [-0.3, -0.25) is 0 Å². The Hall–Kier alpha value is -0.770. The standard InChI is InChI=1S/C18H36N4/c1-2-19-14-9-15-20-18(21-16-10-5-3-6-11-16)22-17-12-7-4-8-13-17/h16-17,19H,2-15H2,1H3,(H2,20,21,22). The van der Waals surface area contributed by atoms with Gasteiger partial charge in [-0.25, -0.2) is 4.99 Å². The number of hydrogen-bond donors (Lipinski definition) is 3. The van der Waals surface area contributed by atoms with Gasteiger partial charge >= 0.3 is 0 Å². The van der Waals surface area contributed by atoms with Crippen LogP contribution in [0.5, 0.6) is 0 Å². The van der Waals surface area contributed by atoms with Crippen LogP contribution in [-0.2, 0) is 0 Å². The average Bonchev–Trinajstić information content (AvgIpc) is 2.56. The van der Waals surface area contributed by atoms with E-state index in [1.54, 1.807) is 0 Å². The van der Waals surface area contributed by atoms with Crippen LogP contribution in [-0.4, -0.2) is 37.7 Å². The largest absolute Gasteiger partial charge is 0.356 e. The van der Waals surface area contributed by atoms with Crippen LogP contribution in [0.25, 0.3) is 0 Å². The van der Waals surface area contributed by atoms with E-state index >= 15 is 0 Å². The minimum Gasteiger partial charge on any atom is -0.356 e. The predicted octanol–water partition coefficient (Wildman–Crippen LogP) is 3.19. The predicted molar refractivity (Wildman–Crippen MR) is 95.5 cm³/mol. The normalized spacial score (nSPS) is 21.8. The minimum atomic E-state index is 0.543. The van der Waals surface area contributed by atoms with E-state index in [-0.39, 0.29) is 0 Å². The Labute approximate surface area is 136 Å². The minimum absolute atomic E-state index is 0.543. The second-order valence-corrected chi connectivity index (χ2v) is 6.88. The molecule has 128 valence electrons. The first-order valence-electron chi connectivity index (χ1n) is 9.67. The van der Waals surface area contributed by atoms with Gasteiger partial charge in [-0.2, -0.15) is 0 Å². The molecular formula is C18H36N4. The topological polar surface area (TPSA) is 48.5 Å². The molecule has 0 aromatic rings. The van der Waals surface area contributed by atoms with Gasteiger partial charge in [0, 0.05) is 12.6 Å². The molecule has 0 heterocycles. The van der Waals surface area contributed by atoms with Crippen molar-refractivity contribution in [2.24, 2.45) is 4.99 Å². The average molecular weight is 309 g/mol. The van der Waals surface area contributed by atoms with E-state index in [0.29, 0.717) is 12.1 Å². The van der Waals surface area contributed by atoms with Crippen molar-refractivity contribution in [3.8, 4) is 0 Å². The van der Waals surface area contributed by atoms with E-state index < -0.39 is 0 Å². The van der Waals surface area contributed by atoms with Gasteiger partial charge < -0.3 is 16.0 Å². The van der Waals surface area contributed by atoms with Crippen LogP contribution in [0.2, 0.25) is 0 Å². The van der Waals surface area contributed by atoms with Gasteiger partial charge in [0.25, 0.3) is 0 Å². The maximum atomic E-state index is 5.02. The smallest absolute Gasteiger partial charge is 0.191 e. The summed E-state index contributed by atoms with van der Waals surface area (Å²) in [4.78, 5) is 5.02. The van der Waals surface area contributed by atoms with E-state index in [2.05, 4.69) is 22.9 Å². The molecule has 0 radical (unpaired) electrons. The zero-order chi connectivity index (χ0) is 15.5. The fraction of sp³-hybridized carbons (Fsp3) is 0.944. The fourth-order valence-electron chi connectivity index (χ4n) is 3.56. The van der Waals surface area contributed by atoms with Crippen LogP contribution in [0.15, 0.2) is 4.99 Å². The molecule has 0 unspecified atom stereocenters. The van der Waals surface area contributed by atoms with Gasteiger partial charge in [0.15, 0.2) is 5.96 Å². The zero-order valence-corrected chi connectivity index (χ0v) is 14.5. The molecule has 4 heteroatoms. The van der Waals surface area contributed by atoms with Gasteiger partial charge in [-0.05, 0) is 45.2 Å². The number of nitrogens with zero attached hydrogens (tertiary/aromatic N) is 1. The number of nitrogens with one attached hydrogen (secondary N) is 3. The molecule has 0 spiro atoms. The summed E-state index contributed by atoms with van der Waals surface area (Å²) in [6, 6.07) is 1.18. The lowest BCUT2D eigenvalue weighted by atomic mass is 9.95. The van der Waals surface area contributed by atoms with Crippen molar-refractivity contribution >= 4 is 5.96 Å². The van der Waals surface area contributed by atoms with E-state index in [9.17, 15) is 0 Å². The fourth-order valence-corrected chi connectivity index (χ4v) is 3.56. The highest BCUT2D eigenvalue weighted by Gasteiger charge is 2.17. The van der Waals surface area contributed by atoms with Crippen molar-refractivity contribution in [2.45, 2.75) is 89.6 Å². The van der Waals surface area contributed by atoms with Crippen molar-refractivity contribution < 1.29 is 0 Å². The third-order valence-corrected chi connectivity index (χ3v) is 4.91. The molecule has 3 N–H and O–H groups in total. The van der Waals surface area contributed by atoms with E-state index in [0.717, 1.165) is 32.0 Å². The second-order valence-electron chi connectivity index (χ2n) is 6.88. The lowest BCUT2D eigenvalue weighted by molar-refractivity contribution is 0.404. The third kappa shape index (κ3) is 6.99. The lowest BCUT2D eigenvalue weighted by Crippen LogP contribution is -2.45. The van der Waals surface area contributed by atoms with Gasteiger partial charge in [-0.1, -0.05) is 45.4 Å². The number of hydrogen-bond acceptors (Lipinski definition) is 2. The van der Waals surface area contributed by atoms with Crippen molar-refractivity contribution in [1.82, 2.24) is 16.0 Å². The third-order valence-electron chi connectivity index (χ3n) is 4.91. The second kappa shape index (κ2) is 10.9.